The van der Waals surface area contributed by atoms with E-state index in [0.717, 1.165) is 26.6 Å². The van der Waals surface area contributed by atoms with E-state index >= 15 is 0 Å². The van der Waals surface area contributed by atoms with E-state index in [4.69, 9.17) is 9.72 Å². The summed E-state index contributed by atoms with van der Waals surface area (Å²) in [6.45, 7) is 0. The number of aromatic nitrogens is 1. The Morgan fingerprint density at radius 2 is 1.81 bits per heavy atom. The quantitative estimate of drug-likeness (QED) is 0.502. The van der Waals surface area contributed by atoms with Crippen LogP contribution < -0.4 is 0 Å². The molecular formula is C22H18BrNO2. The number of rotatable bonds is 2. The van der Waals surface area contributed by atoms with Crippen molar-refractivity contribution in [3.8, 4) is 11.3 Å². The number of carbonyl (C=O) groups is 1. The van der Waals surface area contributed by atoms with Gasteiger partial charge in [0.15, 0.2) is 0 Å². The lowest BCUT2D eigenvalue weighted by Gasteiger charge is -2.21. The van der Waals surface area contributed by atoms with Gasteiger partial charge in [-0.3, -0.25) is 0 Å². The second kappa shape index (κ2) is 5.92. The lowest BCUT2D eigenvalue weighted by atomic mass is 9.86. The van der Waals surface area contributed by atoms with E-state index in [-0.39, 0.29) is 5.97 Å². The molecule has 2 unspecified atom stereocenters. The maximum atomic E-state index is 12.0. The number of halogens is 1. The first-order chi connectivity index (χ1) is 12.7. The van der Waals surface area contributed by atoms with E-state index in [1.165, 1.54) is 37.5 Å². The number of benzene rings is 2. The summed E-state index contributed by atoms with van der Waals surface area (Å²) >= 11 is 3.52. The zero-order valence-corrected chi connectivity index (χ0v) is 16.0. The summed E-state index contributed by atoms with van der Waals surface area (Å²) in [7, 11) is 1.42. The third-order valence-electron chi connectivity index (χ3n) is 5.85. The molecule has 2 aromatic carbocycles. The molecule has 1 fully saturated rings. The summed E-state index contributed by atoms with van der Waals surface area (Å²) in [6.07, 6.45) is 3.69. The Morgan fingerprint density at radius 3 is 2.54 bits per heavy atom. The van der Waals surface area contributed by atoms with Gasteiger partial charge in [-0.05, 0) is 72.6 Å². The summed E-state index contributed by atoms with van der Waals surface area (Å²) < 4.78 is 5.98. The summed E-state index contributed by atoms with van der Waals surface area (Å²) in [5, 5.41) is 1.12. The largest absolute Gasteiger partial charge is 0.465 e. The van der Waals surface area contributed by atoms with Gasteiger partial charge < -0.3 is 4.74 Å². The van der Waals surface area contributed by atoms with Crippen molar-refractivity contribution in [1.29, 1.82) is 0 Å². The minimum atomic E-state index is -0.291. The summed E-state index contributed by atoms with van der Waals surface area (Å²) in [5.74, 6) is 0.885. The van der Waals surface area contributed by atoms with Crippen LogP contribution in [-0.4, -0.2) is 18.1 Å². The summed E-state index contributed by atoms with van der Waals surface area (Å²) in [6, 6.07) is 14.1. The summed E-state index contributed by atoms with van der Waals surface area (Å²) in [5.41, 5.74) is 6.65. The zero-order chi connectivity index (χ0) is 17.8. The van der Waals surface area contributed by atoms with E-state index in [1.807, 2.05) is 18.2 Å². The summed E-state index contributed by atoms with van der Waals surface area (Å²) in [4.78, 5) is 17.0. The highest BCUT2D eigenvalue weighted by molar-refractivity contribution is 9.10. The van der Waals surface area contributed by atoms with Crippen LogP contribution in [0.1, 0.15) is 52.6 Å². The topological polar surface area (TPSA) is 39.2 Å². The van der Waals surface area contributed by atoms with Crippen molar-refractivity contribution in [1.82, 2.24) is 4.98 Å². The molecule has 2 aliphatic carbocycles. The number of esters is 1. The number of hydrogen-bond acceptors (Lipinski definition) is 3. The number of fused-ring (bicyclic) bond motifs is 7. The third kappa shape index (κ3) is 2.32. The molecule has 3 nitrogen and oxygen atoms in total. The fraction of sp³-hybridized carbons (Fsp3) is 0.273. The third-order valence-corrected chi connectivity index (χ3v) is 6.38. The van der Waals surface area contributed by atoms with Crippen LogP contribution >= 0.6 is 15.9 Å². The standard InChI is InChI=1S/C22H18BrNO2/c1-26-22(25)15-6-9-18-17(11-15)19-13-2-3-14(10-13)20(19)21(24-18)12-4-7-16(23)8-5-12/h4-9,11,13-14H,2-3,10H2,1H3. The SMILES string of the molecule is COC(=O)c1ccc2nc(-c3ccc(Br)cc3)c3c(c2c1)C1CCC3C1. The smallest absolute Gasteiger partial charge is 0.337 e. The van der Waals surface area contributed by atoms with Crippen LogP contribution in [-0.2, 0) is 4.74 Å². The Bertz CT molecular complexity index is 1040. The first kappa shape index (κ1) is 16.0. The molecule has 2 aliphatic rings. The second-order valence-corrected chi connectivity index (χ2v) is 8.14. The fourth-order valence-electron chi connectivity index (χ4n) is 4.73. The Morgan fingerprint density at radius 1 is 1.08 bits per heavy atom. The van der Waals surface area contributed by atoms with E-state index in [1.54, 1.807) is 0 Å². The lowest BCUT2D eigenvalue weighted by Crippen LogP contribution is -2.06. The predicted octanol–water partition coefficient (Wildman–Crippen LogP) is 5.82. The number of nitrogens with zero attached hydrogens (tertiary/aromatic N) is 1. The van der Waals surface area contributed by atoms with Crippen LogP contribution in [0.4, 0.5) is 0 Å². The van der Waals surface area contributed by atoms with Crippen LogP contribution in [0.15, 0.2) is 46.9 Å². The lowest BCUT2D eigenvalue weighted by molar-refractivity contribution is 0.0601. The molecule has 0 amide bonds. The van der Waals surface area contributed by atoms with Gasteiger partial charge in [0.2, 0.25) is 0 Å². The predicted molar refractivity (Wildman–Crippen MR) is 106 cm³/mol. The van der Waals surface area contributed by atoms with Crippen LogP contribution in [0.3, 0.4) is 0 Å². The molecule has 26 heavy (non-hydrogen) atoms. The van der Waals surface area contributed by atoms with E-state index < -0.39 is 0 Å². The van der Waals surface area contributed by atoms with Crippen molar-refractivity contribution in [2.24, 2.45) is 0 Å². The van der Waals surface area contributed by atoms with Gasteiger partial charge in [0.25, 0.3) is 0 Å². The maximum absolute atomic E-state index is 12.0. The first-order valence-electron chi connectivity index (χ1n) is 8.97. The Hall–Kier alpha value is -2.20. The number of carbonyl (C=O) groups excluding carboxylic acids is 1. The van der Waals surface area contributed by atoms with Crippen LogP contribution in [0, 0.1) is 0 Å². The Balaban J connectivity index is 1.79. The zero-order valence-electron chi connectivity index (χ0n) is 14.5. The molecular weight excluding hydrogens is 390 g/mol. The average molecular weight is 408 g/mol. The second-order valence-electron chi connectivity index (χ2n) is 7.23. The monoisotopic (exact) mass is 407 g/mol. The highest BCUT2D eigenvalue weighted by Crippen LogP contribution is 2.57. The van der Waals surface area contributed by atoms with Crippen molar-refractivity contribution in [3.63, 3.8) is 0 Å². The highest BCUT2D eigenvalue weighted by Gasteiger charge is 2.40. The maximum Gasteiger partial charge on any atom is 0.337 e. The van der Waals surface area contributed by atoms with Gasteiger partial charge >= 0.3 is 5.97 Å². The highest BCUT2D eigenvalue weighted by atomic mass is 79.9. The number of methoxy groups -OCH3 is 1. The molecule has 130 valence electrons. The molecule has 4 heteroatoms. The van der Waals surface area contributed by atoms with E-state index in [0.29, 0.717) is 17.4 Å². The van der Waals surface area contributed by atoms with Crippen molar-refractivity contribution < 1.29 is 9.53 Å². The van der Waals surface area contributed by atoms with Gasteiger partial charge in [0.05, 0.1) is 23.9 Å². The van der Waals surface area contributed by atoms with Gasteiger partial charge in [-0.2, -0.15) is 0 Å². The number of pyridine rings is 1. The molecule has 5 rings (SSSR count). The van der Waals surface area contributed by atoms with Crippen LogP contribution in [0.25, 0.3) is 22.2 Å². The minimum Gasteiger partial charge on any atom is -0.465 e. The van der Waals surface area contributed by atoms with Gasteiger partial charge in [0.1, 0.15) is 0 Å². The molecule has 0 radical (unpaired) electrons. The molecule has 0 spiro atoms. The molecule has 1 saturated carbocycles. The van der Waals surface area contributed by atoms with Crippen molar-refractivity contribution in [2.75, 3.05) is 7.11 Å². The Kier molecular flexibility index (Phi) is 3.64. The molecule has 0 N–H and O–H groups in total. The Labute approximate surface area is 160 Å². The normalized spacial score (nSPS) is 20.4. The van der Waals surface area contributed by atoms with E-state index in [9.17, 15) is 4.79 Å². The molecule has 0 aliphatic heterocycles. The van der Waals surface area contributed by atoms with E-state index in [2.05, 4.69) is 40.2 Å². The molecule has 0 saturated heterocycles. The molecule has 2 atom stereocenters. The van der Waals surface area contributed by atoms with Crippen LogP contribution in [0.2, 0.25) is 0 Å². The molecule has 1 heterocycles. The van der Waals surface area contributed by atoms with Crippen molar-refractivity contribution in [3.05, 3.63) is 63.6 Å². The molecule has 2 bridgehead atoms. The van der Waals surface area contributed by atoms with Gasteiger partial charge in [0, 0.05) is 15.4 Å². The molecule has 3 aromatic rings. The molecule has 1 aromatic heterocycles. The number of ether oxygens (including phenoxy) is 1. The van der Waals surface area contributed by atoms with Crippen molar-refractivity contribution in [2.45, 2.75) is 31.1 Å². The first-order valence-corrected chi connectivity index (χ1v) is 9.77. The van der Waals surface area contributed by atoms with Crippen molar-refractivity contribution >= 4 is 32.8 Å². The minimum absolute atomic E-state index is 0.291. The average Bonchev–Trinajstić information content (AvgIpc) is 3.29. The van der Waals surface area contributed by atoms with Gasteiger partial charge in [-0.25, -0.2) is 9.78 Å². The number of hydrogen-bond donors (Lipinski definition) is 0. The fourth-order valence-corrected chi connectivity index (χ4v) is 5.00. The van der Waals surface area contributed by atoms with Crippen LogP contribution in [0.5, 0.6) is 0 Å². The van der Waals surface area contributed by atoms with Gasteiger partial charge in [-0.1, -0.05) is 28.1 Å². The van der Waals surface area contributed by atoms with Gasteiger partial charge in [-0.15, -0.1) is 0 Å².